The van der Waals surface area contributed by atoms with Crippen LogP contribution in [0.15, 0.2) is 30.5 Å². The summed E-state index contributed by atoms with van der Waals surface area (Å²) in [6, 6.07) is 7.96. The number of hydrogen-bond donors (Lipinski definition) is 2. The van der Waals surface area contributed by atoms with Crippen LogP contribution in [-0.4, -0.2) is 15.3 Å². The summed E-state index contributed by atoms with van der Waals surface area (Å²) in [4.78, 5) is 0. The van der Waals surface area contributed by atoms with Crippen LogP contribution in [0.3, 0.4) is 0 Å². The van der Waals surface area contributed by atoms with Crippen molar-refractivity contribution in [3.8, 4) is 0 Å². The molecule has 0 aliphatic heterocycles. The smallest absolute Gasteiger partial charge is 0.0681 e. The Morgan fingerprint density at radius 3 is 2.40 bits per heavy atom. The molecule has 1 aromatic heterocycles. The van der Waals surface area contributed by atoms with Gasteiger partial charge in [-0.15, -0.1) is 0 Å². The Balaban J connectivity index is 2.14. The summed E-state index contributed by atoms with van der Waals surface area (Å²) < 4.78 is 0. The lowest BCUT2D eigenvalue weighted by Gasteiger charge is -2.01. The Hall–Kier alpha value is -1.61. The molecule has 2 N–H and O–H groups in total. The Kier molecular flexibility index (Phi) is 2.83. The number of aliphatic hydroxyl groups excluding tert-OH is 1. The molecule has 0 atom stereocenters. The third-order valence-electron chi connectivity index (χ3n) is 2.52. The zero-order valence-electron chi connectivity index (χ0n) is 8.70. The van der Waals surface area contributed by atoms with Crippen LogP contribution in [0, 0.1) is 6.92 Å². The molecule has 0 unspecified atom stereocenters. The van der Waals surface area contributed by atoms with Crippen molar-refractivity contribution in [2.75, 3.05) is 0 Å². The second-order valence-electron chi connectivity index (χ2n) is 3.68. The molecule has 78 valence electrons. The lowest BCUT2D eigenvalue weighted by molar-refractivity contribution is 0.282. The highest BCUT2D eigenvalue weighted by atomic mass is 16.3. The Morgan fingerprint density at radius 2 is 1.87 bits per heavy atom. The third-order valence-corrected chi connectivity index (χ3v) is 2.52. The van der Waals surface area contributed by atoms with Crippen LogP contribution in [0.4, 0.5) is 0 Å². The van der Waals surface area contributed by atoms with Gasteiger partial charge in [-0.05, 0) is 23.6 Å². The van der Waals surface area contributed by atoms with Crippen molar-refractivity contribution >= 4 is 0 Å². The summed E-state index contributed by atoms with van der Waals surface area (Å²) in [5.74, 6) is 0. The van der Waals surface area contributed by atoms with Gasteiger partial charge in [0.1, 0.15) is 0 Å². The van der Waals surface area contributed by atoms with E-state index in [1.807, 2.05) is 37.4 Å². The number of H-pyrrole nitrogens is 1. The highest BCUT2D eigenvalue weighted by molar-refractivity contribution is 5.27. The maximum absolute atomic E-state index is 8.91. The summed E-state index contributed by atoms with van der Waals surface area (Å²) in [6.07, 6.45) is 2.69. The molecule has 1 heterocycles. The average Bonchev–Trinajstić information content (AvgIpc) is 2.66. The van der Waals surface area contributed by atoms with Crippen LogP contribution in [0.1, 0.15) is 22.4 Å². The molecule has 2 aromatic rings. The summed E-state index contributed by atoms with van der Waals surface area (Å²) in [5, 5.41) is 15.9. The number of nitrogens with zero attached hydrogens (tertiary/aromatic N) is 1. The first-order valence-electron chi connectivity index (χ1n) is 4.97. The van der Waals surface area contributed by atoms with Gasteiger partial charge in [0.15, 0.2) is 0 Å². The van der Waals surface area contributed by atoms with Gasteiger partial charge in [0.05, 0.1) is 12.8 Å². The topological polar surface area (TPSA) is 48.9 Å². The van der Waals surface area contributed by atoms with Crippen molar-refractivity contribution in [3.63, 3.8) is 0 Å². The van der Waals surface area contributed by atoms with E-state index in [-0.39, 0.29) is 6.61 Å². The fourth-order valence-electron chi connectivity index (χ4n) is 1.52. The molecule has 0 spiro atoms. The van der Waals surface area contributed by atoms with Gasteiger partial charge in [0, 0.05) is 12.1 Å². The molecule has 2 rings (SSSR count). The normalized spacial score (nSPS) is 10.5. The number of hydrogen-bond acceptors (Lipinski definition) is 2. The number of aromatic amines is 1. The highest BCUT2D eigenvalue weighted by Crippen LogP contribution is 2.11. The van der Waals surface area contributed by atoms with Crippen molar-refractivity contribution in [1.29, 1.82) is 0 Å². The quantitative estimate of drug-likeness (QED) is 0.797. The van der Waals surface area contributed by atoms with Crippen molar-refractivity contribution in [1.82, 2.24) is 10.2 Å². The third kappa shape index (κ3) is 2.25. The van der Waals surface area contributed by atoms with Gasteiger partial charge in [0.25, 0.3) is 0 Å². The van der Waals surface area contributed by atoms with Crippen molar-refractivity contribution in [2.24, 2.45) is 0 Å². The van der Waals surface area contributed by atoms with Crippen molar-refractivity contribution in [2.45, 2.75) is 20.0 Å². The lowest BCUT2D eigenvalue weighted by Crippen LogP contribution is -1.92. The molecular weight excluding hydrogens is 188 g/mol. The molecule has 0 saturated carbocycles. The molecular formula is C12H14N2O. The van der Waals surface area contributed by atoms with E-state index in [1.165, 1.54) is 11.1 Å². The first-order valence-corrected chi connectivity index (χ1v) is 4.97. The van der Waals surface area contributed by atoms with Gasteiger partial charge < -0.3 is 5.11 Å². The predicted molar refractivity (Wildman–Crippen MR) is 58.5 cm³/mol. The molecule has 15 heavy (non-hydrogen) atoms. The Labute approximate surface area is 88.8 Å². The van der Waals surface area contributed by atoms with E-state index >= 15 is 0 Å². The van der Waals surface area contributed by atoms with E-state index in [4.69, 9.17) is 5.11 Å². The maximum atomic E-state index is 8.91. The minimum absolute atomic E-state index is 0.101. The summed E-state index contributed by atoms with van der Waals surface area (Å²) >= 11 is 0. The molecule has 0 bridgehead atoms. The molecule has 3 heteroatoms. The number of aromatic nitrogens is 2. The second kappa shape index (κ2) is 4.28. The minimum atomic E-state index is 0.101. The Bertz CT molecular complexity index is 431. The Morgan fingerprint density at radius 1 is 1.20 bits per heavy atom. The lowest BCUT2D eigenvalue weighted by atomic mass is 10.1. The summed E-state index contributed by atoms with van der Waals surface area (Å²) in [5.41, 5.74) is 4.49. The highest BCUT2D eigenvalue weighted by Gasteiger charge is 2.01. The van der Waals surface area contributed by atoms with Gasteiger partial charge in [-0.1, -0.05) is 24.3 Å². The summed E-state index contributed by atoms with van der Waals surface area (Å²) in [7, 11) is 0. The number of benzene rings is 1. The molecule has 0 radical (unpaired) electrons. The van der Waals surface area contributed by atoms with E-state index in [0.717, 1.165) is 17.7 Å². The number of aliphatic hydroxyl groups is 1. The van der Waals surface area contributed by atoms with Crippen LogP contribution < -0.4 is 0 Å². The number of rotatable bonds is 3. The van der Waals surface area contributed by atoms with Crippen LogP contribution in [0.2, 0.25) is 0 Å². The van der Waals surface area contributed by atoms with Crippen molar-refractivity contribution < 1.29 is 5.11 Å². The molecule has 0 aliphatic carbocycles. The van der Waals surface area contributed by atoms with Crippen LogP contribution in [0.5, 0.6) is 0 Å². The fourth-order valence-corrected chi connectivity index (χ4v) is 1.52. The molecule has 0 saturated heterocycles. The van der Waals surface area contributed by atoms with E-state index in [0.29, 0.717) is 0 Å². The molecule has 0 aliphatic rings. The standard InChI is InChI=1S/C12H14N2O/c1-9-7-13-14-12(9)6-10-2-4-11(8-15)5-3-10/h2-5,7,15H,6,8H2,1H3,(H,13,14). The SMILES string of the molecule is Cc1cn[nH]c1Cc1ccc(CO)cc1. The second-order valence-corrected chi connectivity index (χ2v) is 3.68. The first-order chi connectivity index (χ1) is 7.29. The molecule has 1 aromatic carbocycles. The molecule has 0 amide bonds. The largest absolute Gasteiger partial charge is 0.392 e. The van der Waals surface area contributed by atoms with E-state index < -0.39 is 0 Å². The monoisotopic (exact) mass is 202 g/mol. The summed E-state index contributed by atoms with van der Waals surface area (Å²) in [6.45, 7) is 2.14. The predicted octanol–water partition coefficient (Wildman–Crippen LogP) is 1.80. The zero-order valence-corrected chi connectivity index (χ0v) is 8.70. The van der Waals surface area contributed by atoms with Crippen LogP contribution >= 0.6 is 0 Å². The van der Waals surface area contributed by atoms with Crippen molar-refractivity contribution in [3.05, 3.63) is 52.8 Å². The minimum Gasteiger partial charge on any atom is -0.392 e. The fraction of sp³-hybridized carbons (Fsp3) is 0.250. The van der Waals surface area contributed by atoms with E-state index in [9.17, 15) is 0 Å². The molecule has 3 nitrogen and oxygen atoms in total. The number of nitrogens with one attached hydrogen (secondary N) is 1. The van der Waals surface area contributed by atoms with Crippen LogP contribution in [-0.2, 0) is 13.0 Å². The van der Waals surface area contributed by atoms with Gasteiger partial charge >= 0.3 is 0 Å². The van der Waals surface area contributed by atoms with E-state index in [1.54, 1.807) is 0 Å². The van der Waals surface area contributed by atoms with Gasteiger partial charge in [0.2, 0.25) is 0 Å². The van der Waals surface area contributed by atoms with Gasteiger partial charge in [-0.3, -0.25) is 5.10 Å². The maximum Gasteiger partial charge on any atom is 0.0681 e. The number of aryl methyl sites for hydroxylation is 1. The zero-order chi connectivity index (χ0) is 10.7. The van der Waals surface area contributed by atoms with Crippen LogP contribution in [0.25, 0.3) is 0 Å². The van der Waals surface area contributed by atoms with Gasteiger partial charge in [-0.2, -0.15) is 5.10 Å². The average molecular weight is 202 g/mol. The molecule has 0 fully saturated rings. The first kappa shape index (κ1) is 9.93. The van der Waals surface area contributed by atoms with E-state index in [2.05, 4.69) is 10.2 Å². The van der Waals surface area contributed by atoms with Gasteiger partial charge in [-0.25, -0.2) is 0 Å².